The van der Waals surface area contributed by atoms with Gasteiger partial charge in [0.05, 0.1) is 17.8 Å². The van der Waals surface area contributed by atoms with Crippen molar-refractivity contribution >= 4 is 21.6 Å². The fourth-order valence-electron chi connectivity index (χ4n) is 4.06. The number of sulfone groups is 1. The molecule has 1 aliphatic rings. The highest BCUT2D eigenvalue weighted by Gasteiger charge is 2.34. The van der Waals surface area contributed by atoms with Gasteiger partial charge in [-0.15, -0.1) is 0 Å². The number of furan rings is 1. The smallest absolute Gasteiger partial charge is 0.266 e. The molecule has 9 nitrogen and oxygen atoms in total. The number of hydrogen-bond acceptors (Lipinski definition) is 8. The van der Waals surface area contributed by atoms with E-state index in [0.717, 1.165) is 12.1 Å². The summed E-state index contributed by atoms with van der Waals surface area (Å²) in [4.78, 5) is 20.6. The molecule has 0 radical (unpaired) electrons. The van der Waals surface area contributed by atoms with E-state index in [-0.39, 0.29) is 33.4 Å². The van der Waals surface area contributed by atoms with Crippen LogP contribution in [-0.2, 0) is 9.84 Å². The number of carbonyl (C=O) groups is 1. The van der Waals surface area contributed by atoms with Gasteiger partial charge in [-0.3, -0.25) is 4.79 Å². The molecule has 4 aromatic rings. The van der Waals surface area contributed by atoms with Crippen LogP contribution in [0, 0.1) is 5.82 Å². The van der Waals surface area contributed by atoms with Crippen molar-refractivity contribution in [3.8, 4) is 17.4 Å². The van der Waals surface area contributed by atoms with E-state index in [1.807, 2.05) is 6.92 Å². The van der Waals surface area contributed by atoms with Crippen molar-refractivity contribution in [1.29, 1.82) is 0 Å². The number of oxazole rings is 1. The number of anilines is 1. The molecule has 0 N–H and O–H groups in total. The Morgan fingerprint density at radius 1 is 1.03 bits per heavy atom. The molecule has 2 aromatic heterocycles. The van der Waals surface area contributed by atoms with Crippen LogP contribution in [0.5, 0.6) is 5.75 Å². The Morgan fingerprint density at radius 3 is 2.35 bits per heavy atom. The number of amides is 1. The summed E-state index contributed by atoms with van der Waals surface area (Å²) >= 11 is 0. The van der Waals surface area contributed by atoms with Gasteiger partial charge in [0.1, 0.15) is 11.6 Å². The zero-order valence-corrected chi connectivity index (χ0v) is 20.8. The van der Waals surface area contributed by atoms with Crippen molar-refractivity contribution in [1.82, 2.24) is 9.88 Å². The minimum Gasteiger partial charge on any atom is -0.494 e. The maximum absolute atomic E-state index is 13.4. The van der Waals surface area contributed by atoms with Crippen molar-refractivity contribution in [2.24, 2.45) is 0 Å². The maximum atomic E-state index is 13.4. The molecule has 11 heteroatoms. The quantitative estimate of drug-likeness (QED) is 0.330. The van der Waals surface area contributed by atoms with Gasteiger partial charge in [-0.1, -0.05) is 0 Å². The lowest BCUT2D eigenvalue weighted by molar-refractivity contribution is 0.0745. The fraction of sp³-hybridized carbons (Fsp3) is 0.231. The summed E-state index contributed by atoms with van der Waals surface area (Å²) < 4.78 is 57.0. The van der Waals surface area contributed by atoms with Gasteiger partial charge in [0.15, 0.2) is 5.76 Å². The van der Waals surface area contributed by atoms with Gasteiger partial charge in [0, 0.05) is 31.7 Å². The van der Waals surface area contributed by atoms with Crippen molar-refractivity contribution < 1.29 is 31.2 Å². The third kappa shape index (κ3) is 4.94. The molecule has 192 valence electrons. The van der Waals surface area contributed by atoms with E-state index in [2.05, 4.69) is 4.98 Å². The molecule has 1 fully saturated rings. The maximum Gasteiger partial charge on any atom is 0.266 e. The lowest BCUT2D eigenvalue weighted by atomic mass is 10.1. The van der Waals surface area contributed by atoms with Gasteiger partial charge >= 0.3 is 0 Å². The standard InChI is InChI=1S/C26H24FN3O6S/c1-2-34-20-9-5-18(6-10-20)25(31)29-13-15-30(16-14-29)26-24(28-23(36-26)22-4-3-17-35-22)37(32,33)21-11-7-19(27)8-12-21/h3-12,17H,2,13-16H2,1H3. The third-order valence-corrected chi connectivity index (χ3v) is 7.62. The number of halogens is 1. The van der Waals surface area contributed by atoms with Gasteiger partial charge in [-0.2, -0.15) is 4.98 Å². The second-order valence-electron chi connectivity index (χ2n) is 8.30. The van der Waals surface area contributed by atoms with Crippen LogP contribution >= 0.6 is 0 Å². The second-order valence-corrected chi connectivity index (χ2v) is 10.2. The number of nitrogens with zero attached hydrogens (tertiary/aromatic N) is 3. The molecule has 1 amide bonds. The van der Waals surface area contributed by atoms with E-state index < -0.39 is 15.7 Å². The molecule has 0 aliphatic carbocycles. The van der Waals surface area contributed by atoms with Gasteiger partial charge in [-0.05, 0) is 67.6 Å². The van der Waals surface area contributed by atoms with E-state index in [9.17, 15) is 17.6 Å². The average Bonchev–Trinajstić information content (AvgIpc) is 3.60. The number of carbonyl (C=O) groups excluding carboxylic acids is 1. The van der Waals surface area contributed by atoms with Gasteiger partial charge in [0.25, 0.3) is 11.8 Å². The summed E-state index contributed by atoms with van der Waals surface area (Å²) in [5, 5.41) is -0.295. The van der Waals surface area contributed by atoms with Crippen molar-refractivity contribution in [2.75, 3.05) is 37.7 Å². The van der Waals surface area contributed by atoms with Crippen LogP contribution in [0.15, 0.2) is 85.7 Å². The molecule has 1 aliphatic heterocycles. The Bertz CT molecular complexity index is 1470. The summed E-state index contributed by atoms with van der Waals surface area (Å²) in [7, 11) is -4.13. The molecule has 0 spiro atoms. The van der Waals surface area contributed by atoms with E-state index in [1.165, 1.54) is 18.4 Å². The summed E-state index contributed by atoms with van der Waals surface area (Å²) in [5.74, 6) is 0.333. The summed E-state index contributed by atoms with van der Waals surface area (Å²) in [5.41, 5.74) is 0.538. The lowest BCUT2D eigenvalue weighted by Gasteiger charge is -2.34. The SMILES string of the molecule is CCOc1ccc(C(=O)N2CCN(c3oc(-c4ccco4)nc3S(=O)(=O)c3ccc(F)cc3)CC2)cc1. The molecule has 0 saturated carbocycles. The van der Waals surface area contributed by atoms with Crippen molar-refractivity contribution in [3.05, 3.63) is 78.3 Å². The number of aromatic nitrogens is 1. The minimum atomic E-state index is -4.13. The molecule has 37 heavy (non-hydrogen) atoms. The highest BCUT2D eigenvalue weighted by Crippen LogP contribution is 2.35. The first kappa shape index (κ1) is 24.6. The number of piperazine rings is 1. The predicted molar refractivity (Wildman–Crippen MR) is 132 cm³/mol. The monoisotopic (exact) mass is 525 g/mol. The molecule has 1 saturated heterocycles. The summed E-state index contributed by atoms with van der Waals surface area (Å²) in [6.45, 7) is 3.76. The Hall–Kier alpha value is -4.12. The highest BCUT2D eigenvalue weighted by molar-refractivity contribution is 7.91. The highest BCUT2D eigenvalue weighted by atomic mass is 32.2. The van der Waals surface area contributed by atoms with Crippen molar-refractivity contribution in [2.45, 2.75) is 16.8 Å². The predicted octanol–water partition coefficient (Wildman–Crippen LogP) is 4.27. The third-order valence-electron chi connectivity index (χ3n) is 5.96. The molecular formula is C26H24FN3O6S. The Balaban J connectivity index is 1.39. The van der Waals surface area contributed by atoms with E-state index in [0.29, 0.717) is 44.1 Å². The van der Waals surface area contributed by atoms with Gasteiger partial charge < -0.3 is 23.4 Å². The van der Waals surface area contributed by atoms with Crippen LogP contribution in [0.3, 0.4) is 0 Å². The van der Waals surface area contributed by atoms with Crippen LogP contribution < -0.4 is 9.64 Å². The zero-order chi connectivity index (χ0) is 26.0. The van der Waals surface area contributed by atoms with E-state index >= 15 is 0 Å². The summed E-state index contributed by atoms with van der Waals surface area (Å²) in [6, 6.07) is 14.7. The molecule has 2 aromatic carbocycles. The Morgan fingerprint density at radius 2 is 1.73 bits per heavy atom. The van der Waals surface area contributed by atoms with Crippen molar-refractivity contribution in [3.63, 3.8) is 0 Å². The number of benzene rings is 2. The molecule has 0 atom stereocenters. The average molecular weight is 526 g/mol. The normalized spacial score (nSPS) is 14.1. The first-order chi connectivity index (χ1) is 17.9. The topological polar surface area (TPSA) is 106 Å². The van der Waals surface area contributed by atoms with E-state index in [1.54, 1.807) is 46.2 Å². The lowest BCUT2D eigenvalue weighted by Crippen LogP contribution is -2.49. The van der Waals surface area contributed by atoms with Crippen LogP contribution in [0.2, 0.25) is 0 Å². The number of hydrogen-bond donors (Lipinski definition) is 0. The summed E-state index contributed by atoms with van der Waals surface area (Å²) in [6.07, 6.45) is 1.43. The van der Waals surface area contributed by atoms with Crippen LogP contribution in [-0.4, -0.2) is 57.0 Å². The zero-order valence-electron chi connectivity index (χ0n) is 20.0. The largest absolute Gasteiger partial charge is 0.494 e. The van der Waals surface area contributed by atoms with Crippen LogP contribution in [0.4, 0.5) is 10.3 Å². The van der Waals surface area contributed by atoms with Gasteiger partial charge in [-0.25, -0.2) is 12.8 Å². The molecule has 0 unspecified atom stereocenters. The number of rotatable bonds is 7. The Labute approximate surface area is 213 Å². The molecule has 3 heterocycles. The van der Waals surface area contributed by atoms with Gasteiger partial charge in [0.2, 0.25) is 20.7 Å². The number of ether oxygens (including phenoxy) is 1. The molecule has 5 rings (SSSR count). The van der Waals surface area contributed by atoms with Crippen LogP contribution in [0.1, 0.15) is 17.3 Å². The second kappa shape index (κ2) is 10.1. The first-order valence-corrected chi connectivity index (χ1v) is 13.2. The first-order valence-electron chi connectivity index (χ1n) is 11.7. The Kier molecular flexibility index (Phi) is 6.70. The fourth-order valence-corrected chi connectivity index (χ4v) is 5.38. The molecular weight excluding hydrogens is 501 g/mol. The van der Waals surface area contributed by atoms with Crippen LogP contribution in [0.25, 0.3) is 11.7 Å². The molecule has 0 bridgehead atoms. The van der Waals surface area contributed by atoms with E-state index in [4.69, 9.17) is 13.6 Å². The minimum absolute atomic E-state index is 0.00795.